The van der Waals surface area contributed by atoms with Crippen molar-refractivity contribution in [3.8, 4) is 11.1 Å². The van der Waals surface area contributed by atoms with E-state index in [1.807, 2.05) is 44.2 Å². The van der Waals surface area contributed by atoms with E-state index in [-0.39, 0.29) is 0 Å². The Labute approximate surface area is 89.0 Å². The van der Waals surface area contributed by atoms with Gasteiger partial charge in [-0.3, -0.25) is 4.79 Å². The summed E-state index contributed by atoms with van der Waals surface area (Å²) in [5, 5.41) is 0. The van der Waals surface area contributed by atoms with Crippen LogP contribution in [-0.4, -0.2) is 11.3 Å². The van der Waals surface area contributed by atoms with Gasteiger partial charge in [0.2, 0.25) is 0 Å². The van der Waals surface area contributed by atoms with Crippen LogP contribution in [0.25, 0.3) is 11.1 Å². The van der Waals surface area contributed by atoms with Crippen molar-refractivity contribution >= 4 is 6.29 Å². The first-order chi connectivity index (χ1) is 7.20. The standard InChI is InChI=1S/C13H13NO/c1-9-3-5-11(6-4-9)12-7-10(2)14-13(12)8-15/h3-8,14H,1-2H3. The number of aromatic amines is 1. The molecule has 2 nitrogen and oxygen atoms in total. The molecule has 0 radical (unpaired) electrons. The number of carbonyl (C=O) groups is 1. The third-order valence-electron chi connectivity index (χ3n) is 2.46. The highest BCUT2D eigenvalue weighted by molar-refractivity contribution is 5.86. The Hall–Kier alpha value is -1.83. The van der Waals surface area contributed by atoms with Gasteiger partial charge in [-0.2, -0.15) is 0 Å². The zero-order valence-corrected chi connectivity index (χ0v) is 8.87. The van der Waals surface area contributed by atoms with Gasteiger partial charge in [0.1, 0.15) is 0 Å². The molecule has 1 aromatic carbocycles. The smallest absolute Gasteiger partial charge is 0.166 e. The second-order valence-electron chi connectivity index (χ2n) is 3.76. The van der Waals surface area contributed by atoms with Crippen LogP contribution in [0.2, 0.25) is 0 Å². The number of aryl methyl sites for hydroxylation is 2. The second-order valence-corrected chi connectivity index (χ2v) is 3.76. The lowest BCUT2D eigenvalue weighted by Crippen LogP contribution is -1.84. The minimum absolute atomic E-state index is 0.649. The van der Waals surface area contributed by atoms with E-state index in [1.165, 1.54) is 5.56 Å². The monoisotopic (exact) mass is 199 g/mol. The second kappa shape index (κ2) is 3.73. The number of H-pyrrole nitrogens is 1. The van der Waals surface area contributed by atoms with Crippen LogP contribution in [0.1, 0.15) is 21.7 Å². The number of rotatable bonds is 2. The van der Waals surface area contributed by atoms with Crippen molar-refractivity contribution in [1.82, 2.24) is 4.98 Å². The maximum atomic E-state index is 10.8. The van der Waals surface area contributed by atoms with E-state index in [2.05, 4.69) is 4.98 Å². The van der Waals surface area contributed by atoms with Gasteiger partial charge in [0.05, 0.1) is 5.69 Å². The van der Waals surface area contributed by atoms with Crippen LogP contribution in [0.5, 0.6) is 0 Å². The van der Waals surface area contributed by atoms with E-state index in [0.29, 0.717) is 5.69 Å². The molecule has 1 aromatic heterocycles. The summed E-state index contributed by atoms with van der Waals surface area (Å²) in [5.41, 5.74) is 4.93. The number of aldehydes is 1. The highest BCUT2D eigenvalue weighted by Gasteiger charge is 2.06. The average Bonchev–Trinajstić information content (AvgIpc) is 2.61. The summed E-state index contributed by atoms with van der Waals surface area (Å²) in [6.07, 6.45) is 0.863. The maximum absolute atomic E-state index is 10.8. The summed E-state index contributed by atoms with van der Waals surface area (Å²) in [6.45, 7) is 4.00. The molecule has 2 aromatic rings. The van der Waals surface area contributed by atoms with Crippen LogP contribution >= 0.6 is 0 Å². The fraction of sp³-hybridized carbons (Fsp3) is 0.154. The molecular weight excluding hydrogens is 186 g/mol. The van der Waals surface area contributed by atoms with Crippen LogP contribution in [0.3, 0.4) is 0 Å². The third-order valence-corrected chi connectivity index (χ3v) is 2.46. The Morgan fingerprint density at radius 3 is 2.40 bits per heavy atom. The third kappa shape index (κ3) is 1.84. The lowest BCUT2D eigenvalue weighted by Gasteiger charge is -1.99. The molecule has 0 aliphatic heterocycles. The molecule has 2 rings (SSSR count). The van der Waals surface area contributed by atoms with E-state index in [0.717, 1.165) is 23.1 Å². The van der Waals surface area contributed by atoms with Crippen molar-refractivity contribution in [1.29, 1.82) is 0 Å². The minimum atomic E-state index is 0.649. The van der Waals surface area contributed by atoms with Crippen molar-refractivity contribution in [2.75, 3.05) is 0 Å². The van der Waals surface area contributed by atoms with Crippen LogP contribution in [0.4, 0.5) is 0 Å². The van der Waals surface area contributed by atoms with Gasteiger partial charge in [-0.1, -0.05) is 29.8 Å². The molecule has 1 heterocycles. The van der Waals surface area contributed by atoms with Gasteiger partial charge in [-0.15, -0.1) is 0 Å². The summed E-state index contributed by atoms with van der Waals surface area (Å²) in [5.74, 6) is 0. The fourth-order valence-electron chi connectivity index (χ4n) is 1.67. The lowest BCUT2D eigenvalue weighted by atomic mass is 10.0. The molecule has 0 aliphatic carbocycles. The Kier molecular flexibility index (Phi) is 2.42. The molecular formula is C13H13NO. The Bertz CT molecular complexity index is 480. The zero-order chi connectivity index (χ0) is 10.8. The number of aromatic nitrogens is 1. The Balaban J connectivity index is 2.52. The molecule has 0 fully saturated rings. The predicted octanol–water partition coefficient (Wildman–Crippen LogP) is 3.11. The number of hydrogen-bond donors (Lipinski definition) is 1. The first-order valence-corrected chi connectivity index (χ1v) is 4.92. The van der Waals surface area contributed by atoms with Crippen LogP contribution in [-0.2, 0) is 0 Å². The topological polar surface area (TPSA) is 32.9 Å². The summed E-state index contributed by atoms with van der Waals surface area (Å²) in [6, 6.07) is 10.2. The van der Waals surface area contributed by atoms with E-state index in [4.69, 9.17) is 0 Å². The van der Waals surface area contributed by atoms with Gasteiger partial charge in [0.15, 0.2) is 6.29 Å². The molecule has 0 saturated carbocycles. The first kappa shape index (κ1) is 9.71. The molecule has 15 heavy (non-hydrogen) atoms. The summed E-state index contributed by atoms with van der Waals surface area (Å²) >= 11 is 0. The van der Waals surface area contributed by atoms with Crippen molar-refractivity contribution < 1.29 is 4.79 Å². The Morgan fingerprint density at radius 2 is 1.80 bits per heavy atom. The van der Waals surface area contributed by atoms with E-state index in [1.54, 1.807) is 0 Å². The van der Waals surface area contributed by atoms with Crippen molar-refractivity contribution in [2.24, 2.45) is 0 Å². The van der Waals surface area contributed by atoms with E-state index in [9.17, 15) is 4.79 Å². The average molecular weight is 199 g/mol. The van der Waals surface area contributed by atoms with Gasteiger partial charge in [-0.25, -0.2) is 0 Å². The molecule has 2 heteroatoms. The van der Waals surface area contributed by atoms with Gasteiger partial charge in [0.25, 0.3) is 0 Å². The molecule has 0 amide bonds. The normalized spacial score (nSPS) is 10.3. The number of nitrogens with one attached hydrogen (secondary N) is 1. The summed E-state index contributed by atoms with van der Waals surface area (Å²) < 4.78 is 0. The number of hydrogen-bond acceptors (Lipinski definition) is 1. The Morgan fingerprint density at radius 1 is 1.13 bits per heavy atom. The fourth-order valence-corrected chi connectivity index (χ4v) is 1.67. The number of carbonyl (C=O) groups excluding carboxylic acids is 1. The van der Waals surface area contributed by atoms with Gasteiger partial charge in [0, 0.05) is 11.3 Å². The molecule has 0 bridgehead atoms. The highest BCUT2D eigenvalue weighted by Crippen LogP contribution is 2.23. The van der Waals surface area contributed by atoms with Gasteiger partial charge >= 0.3 is 0 Å². The first-order valence-electron chi connectivity index (χ1n) is 4.92. The molecule has 0 atom stereocenters. The van der Waals surface area contributed by atoms with Gasteiger partial charge < -0.3 is 4.98 Å². The lowest BCUT2D eigenvalue weighted by molar-refractivity contribution is 0.112. The van der Waals surface area contributed by atoms with Crippen molar-refractivity contribution in [3.05, 3.63) is 47.3 Å². The SMILES string of the molecule is Cc1ccc(-c2cc(C)[nH]c2C=O)cc1. The highest BCUT2D eigenvalue weighted by atomic mass is 16.1. The number of benzene rings is 1. The summed E-state index contributed by atoms with van der Waals surface area (Å²) in [7, 11) is 0. The molecule has 1 N–H and O–H groups in total. The molecule has 0 unspecified atom stereocenters. The molecule has 76 valence electrons. The minimum Gasteiger partial charge on any atom is -0.356 e. The molecule has 0 spiro atoms. The molecule has 0 saturated heterocycles. The van der Waals surface area contributed by atoms with Crippen LogP contribution in [0, 0.1) is 13.8 Å². The van der Waals surface area contributed by atoms with Crippen LogP contribution < -0.4 is 0 Å². The van der Waals surface area contributed by atoms with E-state index >= 15 is 0 Å². The molecule has 0 aliphatic rings. The predicted molar refractivity (Wildman–Crippen MR) is 61.1 cm³/mol. The zero-order valence-electron chi connectivity index (χ0n) is 8.87. The quantitative estimate of drug-likeness (QED) is 0.740. The largest absolute Gasteiger partial charge is 0.356 e. The van der Waals surface area contributed by atoms with Crippen molar-refractivity contribution in [2.45, 2.75) is 13.8 Å². The van der Waals surface area contributed by atoms with Gasteiger partial charge in [-0.05, 0) is 25.5 Å². The van der Waals surface area contributed by atoms with E-state index < -0.39 is 0 Å². The maximum Gasteiger partial charge on any atom is 0.166 e. The summed E-state index contributed by atoms with van der Waals surface area (Å²) in [4.78, 5) is 13.9. The van der Waals surface area contributed by atoms with Crippen molar-refractivity contribution in [3.63, 3.8) is 0 Å². The van der Waals surface area contributed by atoms with Crippen LogP contribution in [0.15, 0.2) is 30.3 Å².